The molecule has 215 valence electrons. The SMILES string of the molecule is CC(C)c1cccc(C(C)C)c1N1C=CN(c2c(C(C)C)cccc2C(C)C)C1=C1CC=N[C]([Pd])=C1Cl.Cl.Cl. The van der Waals surface area contributed by atoms with E-state index in [1.54, 1.807) is 0 Å². The summed E-state index contributed by atoms with van der Waals surface area (Å²) in [7, 11) is 0. The number of nitrogens with zero attached hydrogens (tertiary/aromatic N) is 3. The molecule has 39 heavy (non-hydrogen) atoms. The van der Waals surface area contributed by atoms with E-state index < -0.39 is 0 Å². The fourth-order valence-corrected chi connectivity index (χ4v) is 5.87. The van der Waals surface area contributed by atoms with Gasteiger partial charge >= 0.3 is 240 Å². The fraction of sp³-hybridized carbons (Fsp3) is 0.406. The van der Waals surface area contributed by atoms with E-state index in [1.165, 1.54) is 33.6 Å². The molecular formula is C32H41Cl3N3Pd. The number of rotatable bonds is 6. The van der Waals surface area contributed by atoms with E-state index in [9.17, 15) is 0 Å². The van der Waals surface area contributed by atoms with E-state index in [0.717, 1.165) is 11.4 Å². The summed E-state index contributed by atoms with van der Waals surface area (Å²) in [5.74, 6) is 2.60. The molecule has 0 bridgehead atoms. The molecule has 0 saturated heterocycles. The summed E-state index contributed by atoms with van der Waals surface area (Å²) in [6.45, 7) is 18.2. The molecule has 2 aromatic rings. The number of hydrogen-bond donors (Lipinski definition) is 0. The zero-order valence-corrected chi connectivity index (χ0v) is 28.0. The Hall–Kier alpha value is -1.54. The number of halogens is 3. The van der Waals surface area contributed by atoms with E-state index >= 15 is 0 Å². The predicted octanol–water partition coefficient (Wildman–Crippen LogP) is 10.5. The molecule has 0 amide bonds. The van der Waals surface area contributed by atoms with Crippen molar-refractivity contribution in [2.24, 2.45) is 4.99 Å². The third-order valence-electron chi connectivity index (χ3n) is 7.18. The second-order valence-electron chi connectivity index (χ2n) is 11.1. The summed E-state index contributed by atoms with van der Waals surface area (Å²) < 4.78 is 0.715. The van der Waals surface area contributed by atoms with Crippen LogP contribution in [0.3, 0.4) is 0 Å². The molecule has 3 nitrogen and oxygen atoms in total. The number of benzene rings is 2. The van der Waals surface area contributed by atoms with E-state index in [0.29, 0.717) is 39.3 Å². The Morgan fingerprint density at radius 1 is 0.692 bits per heavy atom. The maximum Gasteiger partial charge on any atom is -0.147 e. The zero-order chi connectivity index (χ0) is 27.0. The molecular weight excluding hydrogens is 639 g/mol. The monoisotopic (exact) mass is 678 g/mol. The van der Waals surface area contributed by atoms with Gasteiger partial charge in [-0.05, 0) is 0 Å². The fourth-order valence-electron chi connectivity index (χ4n) is 5.28. The molecule has 0 spiro atoms. The summed E-state index contributed by atoms with van der Waals surface area (Å²) in [5.41, 5.74) is 8.93. The Balaban J connectivity index is 0.00000267. The van der Waals surface area contributed by atoms with Crippen LogP contribution >= 0.6 is 36.4 Å². The second-order valence-corrected chi connectivity index (χ2v) is 12.2. The largest absolute Gasteiger partial charge is 0.147 e. The van der Waals surface area contributed by atoms with Crippen LogP contribution in [0.4, 0.5) is 11.4 Å². The van der Waals surface area contributed by atoms with Crippen molar-refractivity contribution in [2.75, 3.05) is 9.80 Å². The molecule has 0 radical (unpaired) electrons. The Bertz CT molecular complexity index is 1180. The Kier molecular flexibility index (Phi) is 12.0. The maximum atomic E-state index is 7.02. The van der Waals surface area contributed by atoms with Gasteiger partial charge in [-0.2, -0.15) is 0 Å². The van der Waals surface area contributed by atoms with Gasteiger partial charge in [-0.15, -0.1) is 24.8 Å². The Morgan fingerprint density at radius 2 is 1.05 bits per heavy atom. The van der Waals surface area contributed by atoms with Crippen LogP contribution in [0.15, 0.2) is 74.4 Å². The maximum absolute atomic E-state index is 7.02. The predicted molar refractivity (Wildman–Crippen MR) is 171 cm³/mol. The van der Waals surface area contributed by atoms with Gasteiger partial charge in [-0.1, -0.05) is 0 Å². The van der Waals surface area contributed by atoms with Crippen LogP contribution in [0.2, 0.25) is 0 Å². The van der Waals surface area contributed by atoms with Crippen LogP contribution in [-0.4, -0.2) is 6.21 Å². The van der Waals surface area contributed by atoms with Crippen molar-refractivity contribution in [1.82, 2.24) is 0 Å². The van der Waals surface area contributed by atoms with Gasteiger partial charge in [0.25, 0.3) is 0 Å². The van der Waals surface area contributed by atoms with Crippen LogP contribution in [0.5, 0.6) is 0 Å². The van der Waals surface area contributed by atoms with Gasteiger partial charge in [0.05, 0.1) is 0 Å². The van der Waals surface area contributed by atoms with E-state index in [2.05, 4.69) is 138 Å². The van der Waals surface area contributed by atoms with Gasteiger partial charge in [0.2, 0.25) is 0 Å². The van der Waals surface area contributed by atoms with Crippen molar-refractivity contribution in [3.63, 3.8) is 0 Å². The number of hydrogen-bond acceptors (Lipinski definition) is 3. The van der Waals surface area contributed by atoms with Crippen LogP contribution < -0.4 is 9.80 Å². The third kappa shape index (κ3) is 6.53. The Labute approximate surface area is 263 Å². The van der Waals surface area contributed by atoms with Crippen LogP contribution in [0.1, 0.15) is 108 Å². The molecule has 0 N–H and O–H groups in total. The van der Waals surface area contributed by atoms with Gasteiger partial charge in [0, 0.05) is 0 Å². The first-order valence-corrected chi connectivity index (χ1v) is 14.5. The second kappa shape index (κ2) is 13.9. The van der Waals surface area contributed by atoms with Gasteiger partial charge in [0.15, 0.2) is 0 Å². The molecule has 2 aliphatic heterocycles. The number of anilines is 2. The van der Waals surface area contributed by atoms with Crippen molar-refractivity contribution in [3.05, 3.63) is 91.6 Å². The molecule has 4 rings (SSSR count). The summed E-state index contributed by atoms with van der Waals surface area (Å²) >= 11 is 10.3. The van der Waals surface area contributed by atoms with Crippen LogP contribution in [-0.2, 0) is 19.2 Å². The normalized spacial score (nSPS) is 15.4. The first-order valence-electron chi connectivity index (χ1n) is 13.3. The summed E-state index contributed by atoms with van der Waals surface area (Å²) in [5, 5.41) is 0.681. The van der Waals surface area contributed by atoms with Crippen molar-refractivity contribution in [3.8, 4) is 0 Å². The quantitative estimate of drug-likeness (QED) is 0.283. The summed E-state index contributed by atoms with van der Waals surface area (Å²) in [4.78, 5) is 9.24. The average molecular weight is 680 g/mol. The van der Waals surface area contributed by atoms with Crippen molar-refractivity contribution in [1.29, 1.82) is 0 Å². The average Bonchev–Trinajstić information content (AvgIpc) is 3.28. The van der Waals surface area contributed by atoms with Gasteiger partial charge in [0.1, 0.15) is 0 Å². The molecule has 0 atom stereocenters. The standard InChI is InChI=1S/C32H39ClN3.2ClH.Pd/c1-20(2)24-11-9-12-25(21(3)4)30(24)35-17-18-36(32(35)28-15-16-34-19-29(28)33)31-26(22(5)6)13-10-14-27(31)23(7)8;;;/h9-14,16-18,20-23H,15H2,1-8H3;2*1H;. The van der Waals surface area contributed by atoms with Crippen LogP contribution in [0.25, 0.3) is 0 Å². The van der Waals surface area contributed by atoms with Crippen molar-refractivity contribution >= 4 is 54.0 Å². The Morgan fingerprint density at radius 3 is 1.38 bits per heavy atom. The zero-order valence-electron chi connectivity index (χ0n) is 24.1. The summed E-state index contributed by atoms with van der Waals surface area (Å²) in [6.07, 6.45) is 7.08. The smallest absolute Gasteiger partial charge is 0.147 e. The van der Waals surface area contributed by atoms with Gasteiger partial charge in [-0.3, -0.25) is 0 Å². The number of para-hydroxylation sites is 2. The molecule has 0 aliphatic carbocycles. The first kappa shape index (κ1) is 33.7. The van der Waals surface area contributed by atoms with Crippen molar-refractivity contribution in [2.45, 2.75) is 85.5 Å². The molecule has 0 aromatic heterocycles. The number of aliphatic imine (C=N–C) groups is 1. The molecule has 2 heterocycles. The molecule has 0 fully saturated rings. The minimum Gasteiger partial charge on any atom is -0.147 e. The van der Waals surface area contributed by atoms with E-state index in [-0.39, 0.29) is 24.8 Å². The van der Waals surface area contributed by atoms with Gasteiger partial charge in [-0.25, -0.2) is 0 Å². The van der Waals surface area contributed by atoms with E-state index in [1.807, 2.05) is 6.21 Å². The topological polar surface area (TPSA) is 18.8 Å². The van der Waals surface area contributed by atoms with Gasteiger partial charge < -0.3 is 0 Å². The first-order chi connectivity index (χ1) is 17.5. The molecule has 0 unspecified atom stereocenters. The molecule has 2 aliphatic rings. The minimum absolute atomic E-state index is 0. The van der Waals surface area contributed by atoms with Crippen LogP contribution in [0, 0.1) is 0 Å². The van der Waals surface area contributed by atoms with Crippen molar-refractivity contribution < 1.29 is 19.2 Å². The molecule has 7 heteroatoms. The number of allylic oxidation sites excluding steroid dienone is 2. The minimum atomic E-state index is 0. The third-order valence-corrected chi connectivity index (χ3v) is 8.39. The molecule has 0 saturated carbocycles. The summed E-state index contributed by atoms with van der Waals surface area (Å²) in [6, 6.07) is 13.5. The molecule has 2 aromatic carbocycles. The van der Waals surface area contributed by atoms with E-state index in [4.69, 9.17) is 11.6 Å².